The van der Waals surface area contributed by atoms with Gasteiger partial charge in [0.1, 0.15) is 0 Å². The highest BCUT2D eigenvalue weighted by Gasteiger charge is 2.17. The van der Waals surface area contributed by atoms with E-state index < -0.39 is 0 Å². The molecule has 0 aliphatic heterocycles. The van der Waals surface area contributed by atoms with Gasteiger partial charge >= 0.3 is 0 Å². The van der Waals surface area contributed by atoms with Crippen LogP contribution in [0.4, 0.5) is 0 Å². The number of hydrogen-bond donors (Lipinski definition) is 0. The Balaban J connectivity index is 2.55. The van der Waals surface area contributed by atoms with Gasteiger partial charge in [-0.3, -0.25) is 0 Å². The average Bonchev–Trinajstić information content (AvgIpc) is 2.46. The molecule has 0 fully saturated rings. The van der Waals surface area contributed by atoms with E-state index in [0.717, 1.165) is 12.8 Å². The Bertz CT molecular complexity index is 578. The molecule has 1 atom stereocenters. The summed E-state index contributed by atoms with van der Waals surface area (Å²) in [5.74, 6) is 0. The number of rotatable bonds is 4. The van der Waals surface area contributed by atoms with Gasteiger partial charge in [0.15, 0.2) is 0 Å². The molecule has 0 saturated carbocycles. The zero-order valence-electron chi connectivity index (χ0n) is 12.8. The summed E-state index contributed by atoms with van der Waals surface area (Å²) in [7, 11) is 0. The van der Waals surface area contributed by atoms with Crippen molar-refractivity contribution in [2.24, 2.45) is 0 Å². The van der Waals surface area contributed by atoms with Crippen LogP contribution in [-0.2, 0) is 12.8 Å². The number of halogens is 1. The van der Waals surface area contributed by atoms with E-state index in [4.69, 9.17) is 0 Å². The normalized spacial score (nSPS) is 12.4. The molecule has 0 spiro atoms. The molecule has 2 aromatic carbocycles. The second-order valence-corrected chi connectivity index (χ2v) is 6.32. The van der Waals surface area contributed by atoms with Crippen molar-refractivity contribution in [3.8, 4) is 0 Å². The highest BCUT2D eigenvalue weighted by Crippen LogP contribution is 2.37. The van der Waals surface area contributed by atoms with Crippen molar-refractivity contribution in [2.75, 3.05) is 0 Å². The van der Waals surface area contributed by atoms with Crippen molar-refractivity contribution in [3.63, 3.8) is 0 Å². The van der Waals surface area contributed by atoms with E-state index in [2.05, 4.69) is 80.0 Å². The van der Waals surface area contributed by atoms with Gasteiger partial charge in [-0.25, -0.2) is 0 Å². The van der Waals surface area contributed by atoms with Gasteiger partial charge in [0.2, 0.25) is 0 Å². The minimum absolute atomic E-state index is 0.283. The molecule has 0 N–H and O–H groups in total. The van der Waals surface area contributed by atoms with Crippen molar-refractivity contribution >= 4 is 15.9 Å². The summed E-state index contributed by atoms with van der Waals surface area (Å²) < 4.78 is 0. The first-order chi connectivity index (χ1) is 9.58. The van der Waals surface area contributed by atoms with Crippen LogP contribution >= 0.6 is 15.9 Å². The lowest BCUT2D eigenvalue weighted by Gasteiger charge is -2.20. The van der Waals surface area contributed by atoms with E-state index in [1.54, 1.807) is 0 Å². The number of hydrogen-bond acceptors (Lipinski definition) is 0. The Labute approximate surface area is 131 Å². The molecule has 2 aromatic rings. The summed E-state index contributed by atoms with van der Waals surface area (Å²) in [6, 6.07) is 13.4. The quantitative estimate of drug-likeness (QED) is 0.611. The Morgan fingerprint density at radius 1 is 0.950 bits per heavy atom. The topological polar surface area (TPSA) is 0 Å². The van der Waals surface area contributed by atoms with Crippen molar-refractivity contribution in [2.45, 2.75) is 45.4 Å². The molecule has 0 aliphatic rings. The van der Waals surface area contributed by atoms with E-state index in [0.29, 0.717) is 0 Å². The van der Waals surface area contributed by atoms with E-state index >= 15 is 0 Å². The SMILES string of the molecule is CCc1ccc(CC)c(C(Br)c2c(C)cccc2C)c1. The monoisotopic (exact) mass is 330 g/mol. The fraction of sp³-hybridized carbons (Fsp3) is 0.368. The van der Waals surface area contributed by atoms with Crippen LogP contribution in [0.1, 0.15) is 52.1 Å². The summed E-state index contributed by atoms with van der Waals surface area (Å²) in [6.07, 6.45) is 2.16. The lowest BCUT2D eigenvalue weighted by Crippen LogP contribution is -2.03. The molecule has 0 nitrogen and oxygen atoms in total. The molecular weight excluding hydrogens is 308 g/mol. The minimum atomic E-state index is 0.283. The van der Waals surface area contributed by atoms with Crippen molar-refractivity contribution in [1.82, 2.24) is 0 Å². The summed E-state index contributed by atoms with van der Waals surface area (Å²) >= 11 is 3.95. The fourth-order valence-corrected chi connectivity index (χ4v) is 3.95. The van der Waals surface area contributed by atoms with Gasteiger partial charge in [-0.05, 0) is 60.1 Å². The van der Waals surface area contributed by atoms with Gasteiger partial charge in [0, 0.05) is 0 Å². The van der Waals surface area contributed by atoms with Crippen LogP contribution < -0.4 is 0 Å². The minimum Gasteiger partial charge on any atom is -0.0786 e. The molecular formula is C19H23Br. The smallest absolute Gasteiger partial charge is 0.0652 e. The lowest BCUT2D eigenvalue weighted by atomic mass is 9.91. The number of alkyl halides is 1. The molecule has 0 heterocycles. The number of benzene rings is 2. The van der Waals surface area contributed by atoms with Crippen LogP contribution in [0.3, 0.4) is 0 Å². The third-order valence-electron chi connectivity index (χ3n) is 4.07. The van der Waals surface area contributed by atoms with Crippen LogP contribution in [0.25, 0.3) is 0 Å². The standard InChI is InChI=1S/C19H23Br/c1-5-15-10-11-16(6-2)17(12-15)19(20)18-13(3)8-7-9-14(18)4/h7-12,19H,5-6H2,1-4H3. The predicted molar refractivity (Wildman–Crippen MR) is 91.9 cm³/mol. The van der Waals surface area contributed by atoms with E-state index in [9.17, 15) is 0 Å². The second kappa shape index (κ2) is 6.58. The summed E-state index contributed by atoms with van der Waals surface area (Å²) in [5, 5.41) is 0. The van der Waals surface area contributed by atoms with E-state index in [-0.39, 0.29) is 4.83 Å². The first-order valence-electron chi connectivity index (χ1n) is 7.40. The van der Waals surface area contributed by atoms with Gasteiger partial charge in [0.05, 0.1) is 4.83 Å². The van der Waals surface area contributed by atoms with Crippen molar-refractivity contribution in [1.29, 1.82) is 0 Å². The maximum absolute atomic E-state index is 3.95. The Morgan fingerprint density at radius 3 is 2.15 bits per heavy atom. The van der Waals surface area contributed by atoms with Crippen molar-refractivity contribution in [3.05, 3.63) is 69.8 Å². The molecule has 1 heteroatoms. The largest absolute Gasteiger partial charge is 0.0786 e. The highest BCUT2D eigenvalue weighted by atomic mass is 79.9. The fourth-order valence-electron chi connectivity index (χ4n) is 2.80. The molecule has 0 bridgehead atoms. The molecule has 0 amide bonds. The van der Waals surface area contributed by atoms with Gasteiger partial charge in [0.25, 0.3) is 0 Å². The third-order valence-corrected chi connectivity index (χ3v) is 5.02. The molecule has 0 aliphatic carbocycles. The van der Waals surface area contributed by atoms with Crippen molar-refractivity contribution < 1.29 is 0 Å². The molecule has 0 saturated heterocycles. The number of aryl methyl sites for hydroxylation is 4. The van der Waals surface area contributed by atoms with E-state index in [1.165, 1.54) is 33.4 Å². The zero-order chi connectivity index (χ0) is 14.7. The Morgan fingerprint density at radius 2 is 1.60 bits per heavy atom. The maximum Gasteiger partial charge on any atom is 0.0652 e. The maximum atomic E-state index is 3.95. The average molecular weight is 331 g/mol. The van der Waals surface area contributed by atoms with Gasteiger partial charge < -0.3 is 0 Å². The Kier molecular flexibility index (Phi) is 5.04. The molecule has 1 unspecified atom stereocenters. The van der Waals surface area contributed by atoms with Gasteiger partial charge in [-0.2, -0.15) is 0 Å². The summed E-state index contributed by atoms with van der Waals surface area (Å²) in [5.41, 5.74) is 8.39. The van der Waals surface area contributed by atoms with Crippen LogP contribution in [0, 0.1) is 13.8 Å². The van der Waals surface area contributed by atoms with E-state index in [1.807, 2.05) is 0 Å². The molecule has 0 aromatic heterocycles. The van der Waals surface area contributed by atoms with Gasteiger partial charge in [-0.1, -0.05) is 66.2 Å². The van der Waals surface area contributed by atoms with Crippen LogP contribution in [0.5, 0.6) is 0 Å². The van der Waals surface area contributed by atoms with Crippen LogP contribution in [0.15, 0.2) is 36.4 Å². The zero-order valence-corrected chi connectivity index (χ0v) is 14.4. The van der Waals surface area contributed by atoms with Crippen LogP contribution in [-0.4, -0.2) is 0 Å². The van der Waals surface area contributed by atoms with Gasteiger partial charge in [-0.15, -0.1) is 0 Å². The third kappa shape index (κ3) is 2.98. The molecule has 20 heavy (non-hydrogen) atoms. The molecule has 106 valence electrons. The Hall–Kier alpha value is -1.08. The molecule has 2 rings (SSSR count). The second-order valence-electron chi connectivity index (χ2n) is 5.41. The first kappa shape index (κ1) is 15.3. The first-order valence-corrected chi connectivity index (χ1v) is 8.31. The summed E-state index contributed by atoms with van der Waals surface area (Å²) in [6.45, 7) is 8.85. The molecule has 0 radical (unpaired) electrons. The predicted octanol–water partition coefficient (Wildman–Crippen LogP) is 5.91. The van der Waals surface area contributed by atoms with Crippen LogP contribution in [0.2, 0.25) is 0 Å². The summed E-state index contributed by atoms with van der Waals surface area (Å²) in [4.78, 5) is 0.283. The lowest BCUT2D eigenvalue weighted by molar-refractivity contribution is 1.02. The highest BCUT2D eigenvalue weighted by molar-refractivity contribution is 9.09.